The molecule has 0 amide bonds. The number of nitrogens with one attached hydrogen (secondary N) is 3. The van der Waals surface area contributed by atoms with Crippen LogP contribution in [-0.2, 0) is 29.3 Å². The first-order valence-electron chi connectivity index (χ1n) is 8.81. The van der Waals surface area contributed by atoms with Gasteiger partial charge in [0, 0.05) is 26.7 Å². The fraction of sp³-hybridized carbons (Fsp3) is 0.316. The maximum atomic E-state index is 12.6. The first-order chi connectivity index (χ1) is 13.7. The zero-order valence-corrected chi connectivity index (χ0v) is 19.4. The molecule has 0 radical (unpaired) electrons. The molecule has 30 heavy (non-hydrogen) atoms. The van der Waals surface area contributed by atoms with Crippen molar-refractivity contribution >= 4 is 40.0 Å². The van der Waals surface area contributed by atoms with E-state index in [4.69, 9.17) is 0 Å². The standard InChI is InChI=1S/C19H23F3N4O2S.HI/c1-23-18(25-13-16-7-9-17(10-8-16)19(20,21)22)24-11-12-29(27,28)26-14-15-5-3-2-4-6-15;/h2-10,26H,11-14H2,1H3,(H2,23,24,25);1H. The van der Waals surface area contributed by atoms with Crippen molar-refractivity contribution in [1.82, 2.24) is 15.4 Å². The van der Waals surface area contributed by atoms with Crippen LogP contribution in [-0.4, -0.2) is 33.7 Å². The lowest BCUT2D eigenvalue weighted by Gasteiger charge is -2.13. The molecule has 0 fully saturated rings. The van der Waals surface area contributed by atoms with E-state index in [2.05, 4.69) is 20.3 Å². The van der Waals surface area contributed by atoms with Gasteiger partial charge in [-0.2, -0.15) is 13.2 Å². The molecule has 0 aliphatic heterocycles. The molecule has 0 unspecified atom stereocenters. The molecule has 0 heterocycles. The zero-order chi connectivity index (χ0) is 21.3. The summed E-state index contributed by atoms with van der Waals surface area (Å²) >= 11 is 0. The molecule has 0 spiro atoms. The molecular weight excluding hydrogens is 532 g/mol. The van der Waals surface area contributed by atoms with Crippen LogP contribution in [0.2, 0.25) is 0 Å². The molecule has 2 rings (SSSR count). The number of hydrogen-bond acceptors (Lipinski definition) is 3. The highest BCUT2D eigenvalue weighted by atomic mass is 127. The lowest BCUT2D eigenvalue weighted by atomic mass is 10.1. The summed E-state index contributed by atoms with van der Waals surface area (Å²) in [5.74, 6) is 0.198. The van der Waals surface area contributed by atoms with Gasteiger partial charge in [-0.25, -0.2) is 13.1 Å². The van der Waals surface area contributed by atoms with Crippen molar-refractivity contribution in [3.63, 3.8) is 0 Å². The van der Waals surface area contributed by atoms with Crippen molar-refractivity contribution in [3.8, 4) is 0 Å². The smallest absolute Gasteiger partial charge is 0.355 e. The van der Waals surface area contributed by atoms with E-state index in [1.54, 1.807) is 0 Å². The van der Waals surface area contributed by atoms with Crippen molar-refractivity contribution < 1.29 is 21.6 Å². The number of sulfonamides is 1. The average molecular weight is 556 g/mol. The van der Waals surface area contributed by atoms with Gasteiger partial charge in [0.1, 0.15) is 0 Å². The Labute approximate surface area is 191 Å². The molecule has 11 heteroatoms. The maximum absolute atomic E-state index is 12.6. The Balaban J connectivity index is 0.00000450. The third-order valence-corrected chi connectivity index (χ3v) is 5.29. The highest BCUT2D eigenvalue weighted by molar-refractivity contribution is 14.0. The quantitative estimate of drug-likeness (QED) is 0.265. The van der Waals surface area contributed by atoms with Crippen LogP contribution in [0.1, 0.15) is 16.7 Å². The third-order valence-electron chi connectivity index (χ3n) is 3.97. The lowest BCUT2D eigenvalue weighted by Crippen LogP contribution is -2.40. The number of alkyl halides is 3. The van der Waals surface area contributed by atoms with Gasteiger partial charge in [-0.3, -0.25) is 4.99 Å². The van der Waals surface area contributed by atoms with E-state index in [0.717, 1.165) is 17.7 Å². The van der Waals surface area contributed by atoms with E-state index < -0.39 is 21.8 Å². The van der Waals surface area contributed by atoms with E-state index in [-0.39, 0.29) is 49.4 Å². The summed E-state index contributed by atoms with van der Waals surface area (Å²) in [5.41, 5.74) is 0.785. The van der Waals surface area contributed by atoms with Crippen LogP contribution in [0.15, 0.2) is 59.6 Å². The van der Waals surface area contributed by atoms with Crippen molar-refractivity contribution in [2.75, 3.05) is 19.3 Å². The Morgan fingerprint density at radius 1 is 0.933 bits per heavy atom. The minimum absolute atomic E-state index is 0. The van der Waals surface area contributed by atoms with Crippen molar-refractivity contribution in [1.29, 1.82) is 0 Å². The summed E-state index contributed by atoms with van der Waals surface area (Å²) in [6.45, 7) is 0.581. The van der Waals surface area contributed by atoms with Gasteiger partial charge in [0.25, 0.3) is 0 Å². The highest BCUT2D eigenvalue weighted by Gasteiger charge is 2.29. The molecule has 0 saturated carbocycles. The molecule has 0 atom stereocenters. The second-order valence-electron chi connectivity index (χ2n) is 6.17. The maximum Gasteiger partial charge on any atom is 0.416 e. The summed E-state index contributed by atoms with van der Waals surface area (Å²) in [5, 5.41) is 5.80. The minimum atomic E-state index is -4.37. The van der Waals surface area contributed by atoms with Crippen molar-refractivity contribution in [3.05, 3.63) is 71.3 Å². The number of benzene rings is 2. The van der Waals surface area contributed by atoms with E-state index >= 15 is 0 Å². The Kier molecular flexibility index (Phi) is 10.6. The molecular formula is C19H24F3IN4O2S. The van der Waals surface area contributed by atoms with Crippen LogP contribution in [0, 0.1) is 0 Å². The van der Waals surface area contributed by atoms with Crippen LogP contribution in [0.5, 0.6) is 0 Å². The monoisotopic (exact) mass is 556 g/mol. The number of guanidine groups is 1. The van der Waals surface area contributed by atoms with Gasteiger partial charge in [0.15, 0.2) is 5.96 Å². The summed E-state index contributed by atoms with van der Waals surface area (Å²) in [6.07, 6.45) is -4.37. The summed E-state index contributed by atoms with van der Waals surface area (Å²) < 4.78 is 64.4. The van der Waals surface area contributed by atoms with Crippen molar-refractivity contribution in [2.45, 2.75) is 19.3 Å². The van der Waals surface area contributed by atoms with Gasteiger partial charge in [-0.1, -0.05) is 42.5 Å². The van der Waals surface area contributed by atoms with E-state index in [0.29, 0.717) is 11.5 Å². The molecule has 0 aliphatic carbocycles. The van der Waals surface area contributed by atoms with E-state index in [1.165, 1.54) is 19.2 Å². The number of nitrogens with zero attached hydrogens (tertiary/aromatic N) is 1. The molecule has 3 N–H and O–H groups in total. The highest BCUT2D eigenvalue weighted by Crippen LogP contribution is 2.28. The normalized spacial score (nSPS) is 12.2. The molecule has 0 aliphatic rings. The second kappa shape index (κ2) is 12.1. The van der Waals surface area contributed by atoms with Gasteiger partial charge in [0.2, 0.25) is 10.0 Å². The van der Waals surface area contributed by atoms with Crippen LogP contribution in [0.25, 0.3) is 0 Å². The van der Waals surface area contributed by atoms with Gasteiger partial charge < -0.3 is 10.6 Å². The van der Waals surface area contributed by atoms with Gasteiger partial charge >= 0.3 is 6.18 Å². The number of aliphatic imine (C=N–C) groups is 1. The predicted octanol–water partition coefficient (Wildman–Crippen LogP) is 3.11. The van der Waals surface area contributed by atoms with E-state index in [9.17, 15) is 21.6 Å². The SMILES string of the molecule is CN=C(NCCS(=O)(=O)NCc1ccccc1)NCc1ccc(C(F)(F)F)cc1.I. The molecule has 6 nitrogen and oxygen atoms in total. The Hall–Kier alpha value is -1.86. The molecule has 0 saturated heterocycles. The van der Waals surface area contributed by atoms with Crippen LogP contribution >= 0.6 is 24.0 Å². The summed E-state index contributed by atoms with van der Waals surface area (Å²) in [4.78, 5) is 3.97. The van der Waals surface area contributed by atoms with Crippen LogP contribution in [0.3, 0.4) is 0 Å². The number of rotatable bonds is 8. The summed E-state index contributed by atoms with van der Waals surface area (Å²) in [7, 11) is -1.95. The first kappa shape index (κ1) is 26.2. The van der Waals surface area contributed by atoms with Gasteiger partial charge in [-0.15, -0.1) is 24.0 Å². The predicted molar refractivity (Wildman–Crippen MR) is 122 cm³/mol. The molecule has 2 aromatic carbocycles. The van der Waals surface area contributed by atoms with E-state index in [1.807, 2.05) is 30.3 Å². The average Bonchev–Trinajstić information content (AvgIpc) is 2.69. The molecule has 0 aromatic heterocycles. The fourth-order valence-corrected chi connectivity index (χ4v) is 3.28. The molecule has 2 aromatic rings. The zero-order valence-electron chi connectivity index (χ0n) is 16.2. The Morgan fingerprint density at radius 2 is 1.53 bits per heavy atom. The number of hydrogen-bond donors (Lipinski definition) is 3. The first-order valence-corrected chi connectivity index (χ1v) is 10.5. The van der Waals surface area contributed by atoms with Crippen LogP contribution < -0.4 is 15.4 Å². The second-order valence-corrected chi connectivity index (χ2v) is 8.10. The Morgan fingerprint density at radius 3 is 2.10 bits per heavy atom. The summed E-state index contributed by atoms with van der Waals surface area (Å²) in [6, 6.07) is 13.9. The van der Waals surface area contributed by atoms with Crippen molar-refractivity contribution in [2.24, 2.45) is 4.99 Å². The topological polar surface area (TPSA) is 82.6 Å². The molecule has 166 valence electrons. The van der Waals surface area contributed by atoms with Crippen LogP contribution in [0.4, 0.5) is 13.2 Å². The largest absolute Gasteiger partial charge is 0.416 e. The van der Waals surface area contributed by atoms with Gasteiger partial charge in [0.05, 0.1) is 11.3 Å². The third kappa shape index (κ3) is 9.30. The number of halogens is 4. The lowest BCUT2D eigenvalue weighted by molar-refractivity contribution is -0.137. The van der Waals surface area contributed by atoms with Gasteiger partial charge in [-0.05, 0) is 23.3 Å². The Bertz CT molecular complexity index is 906. The fourth-order valence-electron chi connectivity index (χ4n) is 2.38. The minimum Gasteiger partial charge on any atom is -0.355 e. The molecule has 0 bridgehead atoms.